The van der Waals surface area contributed by atoms with Crippen LogP contribution in [0.2, 0.25) is 0 Å². The van der Waals surface area contributed by atoms with E-state index in [4.69, 9.17) is 0 Å². The number of nitrogens with zero attached hydrogens (tertiary/aromatic N) is 1. The number of hydrogen-bond acceptors (Lipinski definition) is 2. The first-order valence-electron chi connectivity index (χ1n) is 6.79. The highest BCUT2D eigenvalue weighted by Gasteiger charge is 2.32. The number of hydrogen-bond donors (Lipinski definition) is 1. The minimum absolute atomic E-state index is 0. The number of rotatable bonds is 2. The summed E-state index contributed by atoms with van der Waals surface area (Å²) in [6, 6.07) is 7.09. The highest BCUT2D eigenvalue weighted by Crippen LogP contribution is 2.39. The van der Waals surface area contributed by atoms with Crippen molar-refractivity contribution in [3.63, 3.8) is 0 Å². The SMILES string of the molecule is CC(C)(C)[C@H](c1ccc(Br)c(Br)c1)N1CCNCC1.Cl.Cl. The molecular formula is C15H24Br2Cl2N2. The van der Waals surface area contributed by atoms with Crippen molar-refractivity contribution in [3.8, 4) is 0 Å². The van der Waals surface area contributed by atoms with E-state index in [-0.39, 0.29) is 30.2 Å². The van der Waals surface area contributed by atoms with Crippen LogP contribution in [0.15, 0.2) is 27.1 Å². The third-order valence-electron chi connectivity index (χ3n) is 3.60. The molecule has 0 radical (unpaired) electrons. The number of benzene rings is 1. The molecule has 2 rings (SSSR count). The summed E-state index contributed by atoms with van der Waals surface area (Å²) in [6.45, 7) is 11.4. The Kier molecular flexibility index (Phi) is 9.39. The maximum absolute atomic E-state index is 3.63. The molecule has 1 aliphatic heterocycles. The van der Waals surface area contributed by atoms with Crippen LogP contribution in [-0.4, -0.2) is 31.1 Å². The summed E-state index contributed by atoms with van der Waals surface area (Å²) in [5.41, 5.74) is 1.62. The van der Waals surface area contributed by atoms with E-state index in [1.807, 2.05) is 0 Å². The van der Waals surface area contributed by atoms with Gasteiger partial charge in [0.25, 0.3) is 0 Å². The van der Waals surface area contributed by atoms with Gasteiger partial charge in [0.1, 0.15) is 0 Å². The second-order valence-electron chi connectivity index (χ2n) is 6.23. The molecule has 6 heteroatoms. The van der Waals surface area contributed by atoms with Crippen molar-refractivity contribution in [1.29, 1.82) is 0 Å². The Labute approximate surface area is 157 Å². The van der Waals surface area contributed by atoms with E-state index in [0.717, 1.165) is 35.1 Å². The predicted molar refractivity (Wildman–Crippen MR) is 103 cm³/mol. The Hall–Kier alpha value is 0.680. The van der Waals surface area contributed by atoms with Crippen molar-refractivity contribution in [2.45, 2.75) is 26.8 Å². The molecule has 21 heavy (non-hydrogen) atoms. The van der Waals surface area contributed by atoms with Crippen LogP contribution in [0.1, 0.15) is 32.4 Å². The first-order valence-corrected chi connectivity index (χ1v) is 8.38. The van der Waals surface area contributed by atoms with Gasteiger partial charge < -0.3 is 5.32 Å². The summed E-state index contributed by atoms with van der Waals surface area (Å²) in [4.78, 5) is 2.60. The lowest BCUT2D eigenvalue weighted by molar-refractivity contribution is 0.0862. The monoisotopic (exact) mass is 460 g/mol. The van der Waals surface area contributed by atoms with Gasteiger partial charge in [0.05, 0.1) is 0 Å². The lowest BCUT2D eigenvalue weighted by atomic mass is 9.81. The highest BCUT2D eigenvalue weighted by atomic mass is 79.9. The molecule has 0 saturated carbocycles. The summed E-state index contributed by atoms with van der Waals surface area (Å²) in [5.74, 6) is 0. The summed E-state index contributed by atoms with van der Waals surface area (Å²) in [5, 5.41) is 3.43. The standard InChI is InChI=1S/C15H22Br2N2.2ClH/c1-15(2,3)14(19-8-6-18-7-9-19)11-4-5-12(16)13(17)10-11;;/h4-5,10,14,18H,6-9H2,1-3H3;2*1H/t14-;;/m0../s1. The summed E-state index contributed by atoms with van der Waals surface area (Å²) in [6.07, 6.45) is 0. The van der Waals surface area contributed by atoms with E-state index in [1.54, 1.807) is 0 Å². The second kappa shape index (κ2) is 9.09. The Morgan fingerprint density at radius 1 is 1.05 bits per heavy atom. The van der Waals surface area contributed by atoms with Crippen molar-refractivity contribution in [2.24, 2.45) is 5.41 Å². The van der Waals surface area contributed by atoms with Crippen LogP contribution in [-0.2, 0) is 0 Å². The number of halogens is 4. The molecule has 1 heterocycles. The quantitative estimate of drug-likeness (QED) is 0.661. The molecule has 0 bridgehead atoms. The van der Waals surface area contributed by atoms with Gasteiger partial charge in [-0.05, 0) is 55.0 Å². The maximum atomic E-state index is 3.63. The molecular weight excluding hydrogens is 439 g/mol. The van der Waals surface area contributed by atoms with Gasteiger partial charge in [-0.25, -0.2) is 0 Å². The molecule has 0 aliphatic carbocycles. The molecule has 1 aromatic carbocycles. The van der Waals surface area contributed by atoms with Gasteiger partial charge >= 0.3 is 0 Å². The van der Waals surface area contributed by atoms with Crippen molar-refractivity contribution in [2.75, 3.05) is 26.2 Å². The molecule has 1 saturated heterocycles. The fourth-order valence-corrected chi connectivity index (χ4v) is 3.52. The molecule has 122 valence electrons. The van der Waals surface area contributed by atoms with Gasteiger partial charge in [0.2, 0.25) is 0 Å². The zero-order chi connectivity index (χ0) is 14.0. The van der Waals surface area contributed by atoms with E-state index in [9.17, 15) is 0 Å². The van der Waals surface area contributed by atoms with Gasteiger partial charge in [-0.15, -0.1) is 24.8 Å². The molecule has 0 spiro atoms. The molecule has 1 atom stereocenters. The van der Waals surface area contributed by atoms with E-state index < -0.39 is 0 Å². The average Bonchev–Trinajstić information content (AvgIpc) is 2.34. The fourth-order valence-electron chi connectivity index (χ4n) is 2.88. The van der Waals surface area contributed by atoms with E-state index in [2.05, 4.69) is 81.0 Å². The lowest BCUT2D eigenvalue weighted by Crippen LogP contribution is -2.48. The molecule has 1 N–H and O–H groups in total. The Morgan fingerprint density at radius 3 is 2.10 bits per heavy atom. The normalized spacial score (nSPS) is 17.6. The molecule has 0 amide bonds. The first-order chi connectivity index (χ1) is 8.89. The largest absolute Gasteiger partial charge is 0.314 e. The smallest absolute Gasteiger partial charge is 0.0397 e. The third-order valence-corrected chi connectivity index (χ3v) is 5.48. The fraction of sp³-hybridized carbons (Fsp3) is 0.600. The Bertz CT molecular complexity index is 444. The van der Waals surface area contributed by atoms with E-state index in [1.165, 1.54) is 5.56 Å². The Balaban J connectivity index is 0.00000200. The third kappa shape index (κ3) is 5.67. The van der Waals surface area contributed by atoms with Gasteiger partial charge in [-0.2, -0.15) is 0 Å². The molecule has 0 unspecified atom stereocenters. The molecule has 1 aromatic rings. The van der Waals surface area contributed by atoms with Gasteiger partial charge in [0.15, 0.2) is 0 Å². The maximum Gasteiger partial charge on any atom is 0.0397 e. The molecule has 1 fully saturated rings. The lowest BCUT2D eigenvalue weighted by Gasteiger charge is -2.42. The predicted octanol–water partition coefficient (Wildman–Crippen LogP) is 5.05. The topological polar surface area (TPSA) is 15.3 Å². The van der Waals surface area contributed by atoms with Crippen LogP contribution in [0.3, 0.4) is 0 Å². The summed E-state index contributed by atoms with van der Waals surface area (Å²) in [7, 11) is 0. The summed E-state index contributed by atoms with van der Waals surface area (Å²) < 4.78 is 2.25. The molecule has 2 nitrogen and oxygen atoms in total. The zero-order valence-corrected chi connectivity index (χ0v) is 17.5. The van der Waals surface area contributed by atoms with Crippen LogP contribution >= 0.6 is 56.7 Å². The van der Waals surface area contributed by atoms with Crippen molar-refractivity contribution >= 4 is 56.7 Å². The van der Waals surface area contributed by atoms with Crippen LogP contribution in [0.4, 0.5) is 0 Å². The van der Waals surface area contributed by atoms with E-state index in [0.29, 0.717) is 6.04 Å². The number of nitrogens with one attached hydrogen (secondary N) is 1. The van der Waals surface area contributed by atoms with Crippen molar-refractivity contribution in [1.82, 2.24) is 10.2 Å². The zero-order valence-electron chi connectivity index (χ0n) is 12.7. The van der Waals surface area contributed by atoms with Crippen LogP contribution < -0.4 is 5.32 Å². The second-order valence-corrected chi connectivity index (χ2v) is 7.94. The molecule has 1 aliphatic rings. The van der Waals surface area contributed by atoms with Crippen LogP contribution in [0.5, 0.6) is 0 Å². The molecule has 0 aromatic heterocycles. The van der Waals surface area contributed by atoms with Gasteiger partial charge in [0, 0.05) is 41.2 Å². The van der Waals surface area contributed by atoms with Gasteiger partial charge in [-0.1, -0.05) is 26.8 Å². The minimum atomic E-state index is 0. The number of piperazine rings is 1. The average molecular weight is 463 g/mol. The van der Waals surface area contributed by atoms with Crippen LogP contribution in [0, 0.1) is 5.41 Å². The van der Waals surface area contributed by atoms with E-state index >= 15 is 0 Å². The summed E-state index contributed by atoms with van der Waals surface area (Å²) >= 11 is 7.18. The van der Waals surface area contributed by atoms with Crippen LogP contribution in [0.25, 0.3) is 0 Å². The minimum Gasteiger partial charge on any atom is -0.314 e. The van der Waals surface area contributed by atoms with Gasteiger partial charge in [-0.3, -0.25) is 4.90 Å². The highest BCUT2D eigenvalue weighted by molar-refractivity contribution is 9.13. The Morgan fingerprint density at radius 2 is 1.62 bits per heavy atom. The first kappa shape index (κ1) is 21.7. The van der Waals surface area contributed by atoms with Crippen molar-refractivity contribution in [3.05, 3.63) is 32.7 Å². The van der Waals surface area contributed by atoms with Crippen molar-refractivity contribution < 1.29 is 0 Å².